The van der Waals surface area contributed by atoms with Crippen molar-refractivity contribution in [2.45, 2.75) is 50.5 Å². The van der Waals surface area contributed by atoms with Crippen LogP contribution < -0.4 is 0 Å². The van der Waals surface area contributed by atoms with E-state index in [9.17, 15) is 4.79 Å². The number of rotatable bonds is 1. The van der Waals surface area contributed by atoms with Crippen molar-refractivity contribution in [1.82, 2.24) is 0 Å². The molecule has 0 saturated carbocycles. The minimum Gasteiger partial charge on any atom is -0.478 e. The second kappa shape index (κ2) is 4.73. The van der Waals surface area contributed by atoms with Crippen molar-refractivity contribution in [2.75, 3.05) is 0 Å². The van der Waals surface area contributed by atoms with Gasteiger partial charge in [-0.2, -0.15) is 0 Å². The molecule has 0 bridgehead atoms. The van der Waals surface area contributed by atoms with Crippen LogP contribution in [0.4, 0.5) is 0 Å². The number of hydrogen-bond donors (Lipinski definition) is 1. The Hall–Kier alpha value is -1.25. The van der Waals surface area contributed by atoms with Gasteiger partial charge in [0.15, 0.2) is 5.76 Å². The van der Waals surface area contributed by atoms with E-state index in [1.165, 1.54) is 19.3 Å². The van der Waals surface area contributed by atoms with Crippen LogP contribution in [0.2, 0.25) is 0 Å². The molecule has 0 spiro atoms. The van der Waals surface area contributed by atoms with E-state index in [1.807, 2.05) is 6.08 Å². The van der Waals surface area contributed by atoms with Gasteiger partial charge in [0.25, 0.3) is 5.60 Å². The predicted octanol–water partition coefficient (Wildman–Crippen LogP) is 3.02. The molecular weight excluding hydrogens is 204 g/mol. The normalized spacial score (nSPS) is 35.4. The molecule has 3 nitrogen and oxygen atoms in total. The first-order chi connectivity index (χ1) is 7.76. The number of epoxide rings is 1. The van der Waals surface area contributed by atoms with Gasteiger partial charge in [-0.1, -0.05) is 31.4 Å². The smallest absolute Gasteiger partial charge is 0.356 e. The van der Waals surface area contributed by atoms with Crippen molar-refractivity contribution in [2.24, 2.45) is 0 Å². The van der Waals surface area contributed by atoms with Gasteiger partial charge in [0.1, 0.15) is 0 Å². The Morgan fingerprint density at radius 2 is 2.00 bits per heavy atom. The number of ether oxygens (including phenoxy) is 1. The first-order valence-electron chi connectivity index (χ1n) is 6.05. The lowest BCUT2D eigenvalue weighted by Gasteiger charge is -2.04. The fourth-order valence-electron chi connectivity index (χ4n) is 2.18. The van der Waals surface area contributed by atoms with Crippen molar-refractivity contribution in [3.63, 3.8) is 0 Å². The standard InChI is InChI=1S/C13H18O3/c14-12(15)13-10-8-6-4-2-1-3-5-7-9-11(13)16-13/h5,7,9H,1-4,6,8,10H2,(H,14,15)/b7-5-,11-9+. The molecule has 1 N–H and O–H groups in total. The first kappa shape index (κ1) is 11.2. The molecule has 16 heavy (non-hydrogen) atoms. The monoisotopic (exact) mass is 222 g/mol. The topological polar surface area (TPSA) is 49.8 Å². The lowest BCUT2D eigenvalue weighted by atomic mass is 9.98. The summed E-state index contributed by atoms with van der Waals surface area (Å²) >= 11 is 0. The molecule has 1 fully saturated rings. The van der Waals surface area contributed by atoms with E-state index >= 15 is 0 Å². The summed E-state index contributed by atoms with van der Waals surface area (Å²) in [6.07, 6.45) is 13.2. The van der Waals surface area contributed by atoms with Gasteiger partial charge in [-0.05, 0) is 25.3 Å². The number of carbonyl (C=O) groups is 1. The van der Waals surface area contributed by atoms with E-state index in [0.29, 0.717) is 12.2 Å². The lowest BCUT2D eigenvalue weighted by molar-refractivity contribution is -0.143. The lowest BCUT2D eigenvalue weighted by Crippen LogP contribution is -2.23. The van der Waals surface area contributed by atoms with Crippen LogP contribution in [0.15, 0.2) is 24.0 Å². The summed E-state index contributed by atoms with van der Waals surface area (Å²) in [4.78, 5) is 11.1. The molecule has 1 atom stereocenters. The number of aliphatic carboxylic acids is 1. The minimum absolute atomic E-state index is 0.613. The van der Waals surface area contributed by atoms with E-state index in [1.54, 1.807) is 6.08 Å². The molecule has 0 aromatic rings. The van der Waals surface area contributed by atoms with Crippen molar-refractivity contribution >= 4 is 5.97 Å². The Morgan fingerprint density at radius 1 is 1.25 bits per heavy atom. The van der Waals surface area contributed by atoms with Crippen LogP contribution >= 0.6 is 0 Å². The molecule has 1 heterocycles. The number of fused-ring (bicyclic) bond motifs is 1. The fraction of sp³-hybridized carbons (Fsp3) is 0.615. The Morgan fingerprint density at radius 3 is 2.81 bits per heavy atom. The predicted molar refractivity (Wildman–Crippen MR) is 61.0 cm³/mol. The Balaban J connectivity index is 2.06. The highest BCUT2D eigenvalue weighted by molar-refractivity contribution is 5.85. The van der Waals surface area contributed by atoms with E-state index in [4.69, 9.17) is 9.84 Å². The molecule has 1 aliphatic heterocycles. The van der Waals surface area contributed by atoms with Gasteiger partial charge in [-0.15, -0.1) is 0 Å². The van der Waals surface area contributed by atoms with Crippen LogP contribution in [0.25, 0.3) is 0 Å². The molecule has 0 aromatic carbocycles. The summed E-state index contributed by atoms with van der Waals surface area (Å²) in [5, 5.41) is 9.15. The van der Waals surface area contributed by atoms with E-state index < -0.39 is 11.6 Å². The van der Waals surface area contributed by atoms with Gasteiger partial charge in [-0.3, -0.25) is 0 Å². The number of carboxylic acids is 1. The van der Waals surface area contributed by atoms with Gasteiger partial charge in [0, 0.05) is 6.42 Å². The third kappa shape index (κ3) is 2.29. The molecule has 1 aliphatic carbocycles. The quantitative estimate of drug-likeness (QED) is 0.694. The molecule has 3 heteroatoms. The van der Waals surface area contributed by atoms with Gasteiger partial charge in [0.05, 0.1) is 0 Å². The van der Waals surface area contributed by atoms with Gasteiger partial charge >= 0.3 is 5.97 Å². The molecule has 0 aromatic heterocycles. The average Bonchev–Trinajstić information content (AvgIpc) is 2.93. The first-order valence-corrected chi connectivity index (χ1v) is 6.05. The molecular formula is C13H18O3. The van der Waals surface area contributed by atoms with Crippen LogP contribution in [0, 0.1) is 0 Å². The second-order valence-corrected chi connectivity index (χ2v) is 4.50. The van der Waals surface area contributed by atoms with Crippen molar-refractivity contribution in [1.29, 1.82) is 0 Å². The molecule has 1 saturated heterocycles. The van der Waals surface area contributed by atoms with Crippen LogP contribution in [0.1, 0.15) is 44.9 Å². The Kier molecular flexibility index (Phi) is 3.32. The second-order valence-electron chi connectivity index (χ2n) is 4.50. The highest BCUT2D eigenvalue weighted by Crippen LogP contribution is 2.45. The van der Waals surface area contributed by atoms with Gasteiger partial charge in [-0.25, -0.2) is 4.79 Å². The summed E-state index contributed by atoms with van der Waals surface area (Å²) in [6, 6.07) is 0. The molecule has 0 radical (unpaired) electrons. The maximum atomic E-state index is 11.1. The third-order valence-electron chi connectivity index (χ3n) is 3.27. The van der Waals surface area contributed by atoms with Gasteiger partial charge in [0.2, 0.25) is 0 Å². The van der Waals surface area contributed by atoms with Gasteiger partial charge < -0.3 is 9.84 Å². The molecule has 1 unspecified atom stereocenters. The number of carboxylic acid groups (broad SMARTS) is 1. The van der Waals surface area contributed by atoms with Crippen LogP contribution in [0.3, 0.4) is 0 Å². The number of hydrogen-bond acceptors (Lipinski definition) is 2. The van der Waals surface area contributed by atoms with Crippen LogP contribution in [0.5, 0.6) is 0 Å². The third-order valence-corrected chi connectivity index (χ3v) is 3.27. The average molecular weight is 222 g/mol. The fourth-order valence-corrected chi connectivity index (χ4v) is 2.18. The number of allylic oxidation sites excluding steroid dienone is 3. The summed E-state index contributed by atoms with van der Waals surface area (Å²) in [5.74, 6) is -0.221. The molecule has 2 rings (SSSR count). The Labute approximate surface area is 95.8 Å². The summed E-state index contributed by atoms with van der Waals surface area (Å²) in [6.45, 7) is 0. The van der Waals surface area contributed by atoms with Crippen LogP contribution in [-0.4, -0.2) is 16.7 Å². The van der Waals surface area contributed by atoms with Crippen molar-refractivity contribution in [3.8, 4) is 0 Å². The zero-order valence-electron chi connectivity index (χ0n) is 9.45. The Bertz CT molecular complexity index is 330. The van der Waals surface area contributed by atoms with Crippen molar-refractivity contribution in [3.05, 3.63) is 24.0 Å². The summed E-state index contributed by atoms with van der Waals surface area (Å²) in [5.41, 5.74) is -0.983. The summed E-state index contributed by atoms with van der Waals surface area (Å²) < 4.78 is 5.29. The SMILES string of the molecule is O=C(O)C12CCCCCCC/C=C\C=C/1O2. The zero-order chi connectivity index (χ0) is 11.4. The van der Waals surface area contributed by atoms with E-state index in [-0.39, 0.29) is 0 Å². The largest absolute Gasteiger partial charge is 0.478 e. The highest BCUT2D eigenvalue weighted by atomic mass is 16.6. The maximum absolute atomic E-state index is 11.1. The zero-order valence-corrected chi connectivity index (χ0v) is 9.45. The molecule has 88 valence electrons. The molecule has 0 amide bonds. The minimum atomic E-state index is -0.983. The highest BCUT2D eigenvalue weighted by Gasteiger charge is 2.59. The summed E-state index contributed by atoms with van der Waals surface area (Å²) in [7, 11) is 0. The van der Waals surface area contributed by atoms with E-state index in [0.717, 1.165) is 19.3 Å². The van der Waals surface area contributed by atoms with E-state index in [2.05, 4.69) is 6.08 Å². The maximum Gasteiger partial charge on any atom is 0.356 e. The molecule has 2 aliphatic rings. The van der Waals surface area contributed by atoms with Crippen LogP contribution in [-0.2, 0) is 9.53 Å². The van der Waals surface area contributed by atoms with Crippen molar-refractivity contribution < 1.29 is 14.6 Å².